The Balaban J connectivity index is 1.90. The van der Waals surface area contributed by atoms with E-state index in [0.29, 0.717) is 11.3 Å². The molecule has 0 radical (unpaired) electrons. The van der Waals surface area contributed by atoms with Crippen LogP contribution in [0.3, 0.4) is 0 Å². The molecule has 21 heavy (non-hydrogen) atoms. The Morgan fingerprint density at radius 2 is 1.90 bits per heavy atom. The third-order valence-electron chi connectivity index (χ3n) is 4.96. The Morgan fingerprint density at radius 1 is 1.10 bits per heavy atom. The second kappa shape index (κ2) is 6.03. The molecule has 0 aromatic heterocycles. The van der Waals surface area contributed by atoms with Gasteiger partial charge in [-0.15, -0.1) is 0 Å². The summed E-state index contributed by atoms with van der Waals surface area (Å²) in [5, 5.41) is 3.59. The van der Waals surface area contributed by atoms with E-state index in [9.17, 15) is 0 Å². The van der Waals surface area contributed by atoms with Crippen LogP contribution in [0.2, 0.25) is 0 Å². The van der Waals surface area contributed by atoms with Crippen LogP contribution < -0.4 is 5.32 Å². The van der Waals surface area contributed by atoms with Crippen LogP contribution in [0.5, 0.6) is 0 Å². The molecule has 1 heterocycles. The molecule has 1 aliphatic rings. The van der Waals surface area contributed by atoms with Gasteiger partial charge in [-0.1, -0.05) is 67.1 Å². The lowest BCUT2D eigenvalue weighted by Crippen LogP contribution is -2.43. The zero-order valence-electron chi connectivity index (χ0n) is 13.1. The Morgan fingerprint density at radius 3 is 2.67 bits per heavy atom. The van der Waals surface area contributed by atoms with Gasteiger partial charge in [0.05, 0.1) is 0 Å². The lowest BCUT2D eigenvalue weighted by atomic mass is 9.66. The average Bonchev–Trinajstić information content (AvgIpc) is 2.48. The molecule has 0 aliphatic carbocycles. The van der Waals surface area contributed by atoms with Gasteiger partial charge in [0.2, 0.25) is 0 Å². The molecule has 0 bridgehead atoms. The first-order valence-electron chi connectivity index (χ1n) is 7.99. The van der Waals surface area contributed by atoms with E-state index in [0.717, 1.165) is 19.5 Å². The van der Waals surface area contributed by atoms with Gasteiger partial charge in [0.25, 0.3) is 0 Å². The van der Waals surface area contributed by atoms with Crippen molar-refractivity contribution in [1.82, 2.24) is 5.32 Å². The summed E-state index contributed by atoms with van der Waals surface area (Å²) in [5.74, 6) is 0.589. The SMILES string of the molecule is Cc1cccc(C2CNCCC2(C)Cc2ccccc2)c1. The van der Waals surface area contributed by atoms with Gasteiger partial charge in [-0.05, 0) is 42.9 Å². The average molecular weight is 279 g/mol. The summed E-state index contributed by atoms with van der Waals surface area (Å²) in [4.78, 5) is 0. The van der Waals surface area contributed by atoms with E-state index in [-0.39, 0.29) is 0 Å². The number of hydrogen-bond acceptors (Lipinski definition) is 1. The molecule has 0 spiro atoms. The van der Waals surface area contributed by atoms with Gasteiger partial charge in [-0.2, -0.15) is 0 Å². The second-order valence-corrected chi connectivity index (χ2v) is 6.74. The molecule has 2 unspecified atom stereocenters. The number of rotatable bonds is 3. The zero-order chi connectivity index (χ0) is 14.7. The highest BCUT2D eigenvalue weighted by Gasteiger charge is 2.37. The summed E-state index contributed by atoms with van der Waals surface area (Å²) < 4.78 is 0. The van der Waals surface area contributed by atoms with E-state index >= 15 is 0 Å². The minimum Gasteiger partial charge on any atom is -0.316 e. The van der Waals surface area contributed by atoms with Crippen molar-refractivity contribution in [3.8, 4) is 0 Å². The van der Waals surface area contributed by atoms with E-state index in [2.05, 4.69) is 73.8 Å². The van der Waals surface area contributed by atoms with E-state index in [4.69, 9.17) is 0 Å². The first kappa shape index (κ1) is 14.3. The quantitative estimate of drug-likeness (QED) is 0.882. The molecule has 1 aliphatic heterocycles. The van der Waals surface area contributed by atoms with Gasteiger partial charge < -0.3 is 5.32 Å². The van der Waals surface area contributed by atoms with Gasteiger partial charge in [-0.25, -0.2) is 0 Å². The summed E-state index contributed by atoms with van der Waals surface area (Å²) in [6, 6.07) is 20.0. The fourth-order valence-electron chi connectivity index (χ4n) is 3.72. The van der Waals surface area contributed by atoms with Crippen LogP contribution in [0.15, 0.2) is 54.6 Å². The standard InChI is InChI=1S/C20H25N/c1-16-7-6-10-18(13-16)19-15-21-12-11-20(19,2)14-17-8-4-3-5-9-17/h3-10,13,19,21H,11-12,14-15H2,1-2H3. The first-order chi connectivity index (χ1) is 10.2. The van der Waals surface area contributed by atoms with Gasteiger partial charge >= 0.3 is 0 Å². The largest absolute Gasteiger partial charge is 0.316 e. The van der Waals surface area contributed by atoms with Crippen LogP contribution in [0.4, 0.5) is 0 Å². The molecule has 3 rings (SSSR count). The van der Waals surface area contributed by atoms with Crippen LogP contribution >= 0.6 is 0 Å². The molecule has 2 aromatic rings. The van der Waals surface area contributed by atoms with Crippen LogP contribution in [0.1, 0.15) is 36.0 Å². The minimum atomic E-state index is 0.334. The molecule has 110 valence electrons. The van der Waals surface area contributed by atoms with Crippen molar-refractivity contribution in [2.45, 2.75) is 32.6 Å². The monoisotopic (exact) mass is 279 g/mol. The third kappa shape index (κ3) is 3.19. The summed E-state index contributed by atoms with van der Waals surface area (Å²) in [7, 11) is 0. The highest BCUT2D eigenvalue weighted by molar-refractivity contribution is 5.29. The number of benzene rings is 2. The van der Waals surface area contributed by atoms with Crippen LogP contribution in [0.25, 0.3) is 0 Å². The number of piperidine rings is 1. The van der Waals surface area contributed by atoms with Gasteiger partial charge in [0.15, 0.2) is 0 Å². The highest BCUT2D eigenvalue weighted by atomic mass is 14.9. The van der Waals surface area contributed by atoms with Gasteiger partial charge in [0.1, 0.15) is 0 Å². The predicted molar refractivity (Wildman–Crippen MR) is 89.7 cm³/mol. The molecule has 1 saturated heterocycles. The summed E-state index contributed by atoms with van der Waals surface area (Å²) in [6.07, 6.45) is 2.40. The van der Waals surface area contributed by atoms with Crippen molar-refractivity contribution >= 4 is 0 Å². The Labute approximate surface area is 128 Å². The van der Waals surface area contributed by atoms with Crippen molar-refractivity contribution < 1.29 is 0 Å². The lowest BCUT2D eigenvalue weighted by molar-refractivity contribution is 0.186. The van der Waals surface area contributed by atoms with Gasteiger partial charge in [-0.3, -0.25) is 0 Å². The molecule has 1 heteroatoms. The fraction of sp³-hybridized carbons (Fsp3) is 0.400. The number of hydrogen-bond donors (Lipinski definition) is 1. The van der Waals surface area contributed by atoms with E-state index < -0.39 is 0 Å². The maximum Gasteiger partial charge on any atom is 0.00255 e. The Bertz CT molecular complexity index is 590. The molecule has 2 aromatic carbocycles. The second-order valence-electron chi connectivity index (χ2n) is 6.74. The fourth-order valence-corrected chi connectivity index (χ4v) is 3.72. The zero-order valence-corrected chi connectivity index (χ0v) is 13.1. The summed E-state index contributed by atoms with van der Waals surface area (Å²) >= 11 is 0. The topological polar surface area (TPSA) is 12.0 Å². The van der Waals surface area contributed by atoms with Crippen molar-refractivity contribution in [2.24, 2.45) is 5.41 Å². The third-order valence-corrected chi connectivity index (χ3v) is 4.96. The number of nitrogens with one attached hydrogen (secondary N) is 1. The van der Waals surface area contributed by atoms with Crippen LogP contribution in [-0.2, 0) is 6.42 Å². The minimum absolute atomic E-state index is 0.334. The maximum atomic E-state index is 3.59. The van der Waals surface area contributed by atoms with Crippen LogP contribution in [0, 0.1) is 12.3 Å². The smallest absolute Gasteiger partial charge is 0.00255 e. The van der Waals surface area contributed by atoms with E-state index in [1.54, 1.807) is 0 Å². The van der Waals surface area contributed by atoms with Crippen molar-refractivity contribution in [3.05, 3.63) is 71.3 Å². The van der Waals surface area contributed by atoms with Gasteiger partial charge in [0, 0.05) is 12.5 Å². The molecular weight excluding hydrogens is 254 g/mol. The normalized spacial score (nSPS) is 25.7. The van der Waals surface area contributed by atoms with Crippen LogP contribution in [-0.4, -0.2) is 13.1 Å². The molecule has 1 fully saturated rings. The lowest BCUT2D eigenvalue weighted by Gasteiger charge is -2.42. The number of aryl methyl sites for hydroxylation is 1. The van der Waals surface area contributed by atoms with Crippen molar-refractivity contribution in [3.63, 3.8) is 0 Å². The molecular formula is C20H25N. The van der Waals surface area contributed by atoms with E-state index in [1.807, 2.05) is 0 Å². The summed E-state index contributed by atoms with van der Waals surface area (Å²) in [6.45, 7) is 6.88. The highest BCUT2D eigenvalue weighted by Crippen LogP contribution is 2.43. The predicted octanol–water partition coefficient (Wildman–Crippen LogP) is 4.32. The maximum absolute atomic E-state index is 3.59. The van der Waals surface area contributed by atoms with E-state index in [1.165, 1.54) is 23.1 Å². The van der Waals surface area contributed by atoms with Crippen molar-refractivity contribution in [1.29, 1.82) is 0 Å². The molecule has 2 atom stereocenters. The Kier molecular flexibility index (Phi) is 4.12. The summed E-state index contributed by atoms with van der Waals surface area (Å²) in [5.41, 5.74) is 4.64. The Hall–Kier alpha value is -1.60. The van der Waals surface area contributed by atoms with Crippen molar-refractivity contribution in [2.75, 3.05) is 13.1 Å². The molecule has 1 N–H and O–H groups in total. The molecule has 0 saturated carbocycles. The molecule has 0 amide bonds. The first-order valence-corrected chi connectivity index (χ1v) is 7.99. The molecule has 1 nitrogen and oxygen atoms in total.